The first-order valence-electron chi connectivity index (χ1n) is 7.12. The Balaban J connectivity index is 0.00000242. The molecule has 0 aromatic heterocycles. The van der Waals surface area contributed by atoms with E-state index in [0.717, 1.165) is 38.9 Å². The van der Waals surface area contributed by atoms with Gasteiger partial charge in [-0.3, -0.25) is 0 Å². The number of benzene rings is 1. The van der Waals surface area contributed by atoms with E-state index in [-0.39, 0.29) is 28.4 Å². The summed E-state index contributed by atoms with van der Waals surface area (Å²) in [4.78, 5) is 2.41. The molecule has 1 heterocycles. The van der Waals surface area contributed by atoms with Crippen LogP contribution in [0.1, 0.15) is 26.2 Å². The van der Waals surface area contributed by atoms with E-state index in [4.69, 9.17) is 23.2 Å². The van der Waals surface area contributed by atoms with E-state index < -0.39 is 10.0 Å². The second-order valence-electron chi connectivity index (χ2n) is 5.31. The fourth-order valence-corrected chi connectivity index (χ4v) is 4.62. The first kappa shape index (κ1) is 20.0. The van der Waals surface area contributed by atoms with Gasteiger partial charge in [-0.25, -0.2) is 13.1 Å². The average Bonchev–Trinajstić information content (AvgIpc) is 2.43. The molecule has 0 amide bonds. The SMILES string of the molecule is CCCN1CCC(NS(=O)(=O)c2cc(Cl)ccc2Cl)CC1.Cl. The van der Waals surface area contributed by atoms with Gasteiger partial charge >= 0.3 is 0 Å². The van der Waals surface area contributed by atoms with Crippen LogP contribution in [0.3, 0.4) is 0 Å². The van der Waals surface area contributed by atoms with Gasteiger partial charge in [0.2, 0.25) is 10.0 Å². The van der Waals surface area contributed by atoms with Crippen molar-refractivity contribution in [3.63, 3.8) is 0 Å². The van der Waals surface area contributed by atoms with E-state index in [9.17, 15) is 8.42 Å². The standard InChI is InChI=1S/C14H20Cl2N2O2S.ClH/c1-2-7-18-8-5-12(6-9-18)17-21(19,20)14-10-11(15)3-4-13(14)16;/h3-4,10,12,17H,2,5-9H2,1H3;1H. The molecule has 22 heavy (non-hydrogen) atoms. The van der Waals surface area contributed by atoms with E-state index >= 15 is 0 Å². The van der Waals surface area contributed by atoms with Crippen LogP contribution >= 0.6 is 35.6 Å². The zero-order valence-electron chi connectivity index (χ0n) is 12.4. The second-order valence-corrected chi connectivity index (χ2v) is 7.84. The van der Waals surface area contributed by atoms with Gasteiger partial charge in [0.15, 0.2) is 0 Å². The molecule has 1 saturated heterocycles. The van der Waals surface area contributed by atoms with Gasteiger partial charge in [0.05, 0.1) is 5.02 Å². The van der Waals surface area contributed by atoms with Crippen LogP contribution in [0.2, 0.25) is 10.0 Å². The summed E-state index contributed by atoms with van der Waals surface area (Å²) in [5.41, 5.74) is 0. The molecule has 1 aliphatic rings. The lowest BCUT2D eigenvalue weighted by molar-refractivity contribution is 0.208. The van der Waals surface area contributed by atoms with Gasteiger partial charge < -0.3 is 4.90 Å². The van der Waals surface area contributed by atoms with Gasteiger partial charge in [-0.1, -0.05) is 30.1 Å². The maximum Gasteiger partial charge on any atom is 0.242 e. The highest BCUT2D eigenvalue weighted by Crippen LogP contribution is 2.25. The maximum absolute atomic E-state index is 12.4. The maximum atomic E-state index is 12.4. The number of halogens is 3. The molecule has 1 aromatic carbocycles. The minimum absolute atomic E-state index is 0. The third-order valence-corrected chi connectivity index (χ3v) is 5.87. The molecule has 1 N–H and O–H groups in total. The monoisotopic (exact) mass is 386 g/mol. The smallest absolute Gasteiger partial charge is 0.242 e. The predicted octanol–water partition coefficient (Wildman–Crippen LogP) is 3.57. The molecule has 8 heteroatoms. The molecule has 2 rings (SSSR count). The van der Waals surface area contributed by atoms with Gasteiger partial charge in [-0.2, -0.15) is 0 Å². The molecule has 0 bridgehead atoms. The van der Waals surface area contributed by atoms with Crippen molar-refractivity contribution in [2.24, 2.45) is 0 Å². The Morgan fingerprint density at radius 1 is 1.27 bits per heavy atom. The predicted molar refractivity (Wildman–Crippen MR) is 93.8 cm³/mol. The van der Waals surface area contributed by atoms with Gasteiger partial charge in [-0.05, 0) is 57.1 Å². The van der Waals surface area contributed by atoms with Crippen molar-refractivity contribution in [3.8, 4) is 0 Å². The normalized spacial score (nSPS) is 17.2. The summed E-state index contributed by atoms with van der Waals surface area (Å²) in [5, 5.41) is 0.549. The van der Waals surface area contributed by atoms with Gasteiger partial charge in [0, 0.05) is 11.1 Å². The minimum atomic E-state index is -3.63. The Kier molecular flexibility index (Phi) is 7.92. The topological polar surface area (TPSA) is 49.4 Å². The fourth-order valence-electron chi connectivity index (χ4n) is 2.56. The van der Waals surface area contributed by atoms with Crippen LogP contribution in [0, 0.1) is 0 Å². The quantitative estimate of drug-likeness (QED) is 0.840. The largest absolute Gasteiger partial charge is 0.303 e. The van der Waals surface area contributed by atoms with E-state index in [1.807, 2.05) is 0 Å². The van der Waals surface area contributed by atoms with Crippen molar-refractivity contribution in [1.29, 1.82) is 0 Å². The number of nitrogens with zero attached hydrogens (tertiary/aromatic N) is 1. The molecule has 0 radical (unpaired) electrons. The summed E-state index contributed by atoms with van der Waals surface area (Å²) in [6, 6.07) is 4.42. The Labute approximate surface area is 148 Å². The van der Waals surface area contributed by atoms with Crippen molar-refractivity contribution in [2.45, 2.75) is 37.1 Å². The van der Waals surface area contributed by atoms with Crippen LogP contribution in [-0.2, 0) is 10.0 Å². The molecule has 1 aromatic rings. The van der Waals surface area contributed by atoms with E-state index in [0.29, 0.717) is 5.02 Å². The van der Waals surface area contributed by atoms with Crippen molar-refractivity contribution in [1.82, 2.24) is 9.62 Å². The number of likely N-dealkylation sites (tertiary alicyclic amines) is 1. The summed E-state index contributed by atoms with van der Waals surface area (Å²) in [6.07, 6.45) is 2.75. The first-order valence-corrected chi connectivity index (χ1v) is 9.36. The highest BCUT2D eigenvalue weighted by molar-refractivity contribution is 7.89. The number of sulfonamides is 1. The van der Waals surface area contributed by atoms with Gasteiger partial charge in [-0.15, -0.1) is 12.4 Å². The van der Waals surface area contributed by atoms with Crippen LogP contribution in [0.25, 0.3) is 0 Å². The highest BCUT2D eigenvalue weighted by atomic mass is 35.5. The molecule has 0 atom stereocenters. The molecule has 0 saturated carbocycles. The Hall–Kier alpha value is -0.0400. The molecule has 126 valence electrons. The number of piperidine rings is 1. The Bertz CT molecular complexity index is 588. The molecule has 0 unspecified atom stereocenters. The fraction of sp³-hybridized carbons (Fsp3) is 0.571. The Morgan fingerprint density at radius 2 is 1.91 bits per heavy atom. The van der Waals surface area contributed by atoms with E-state index in [2.05, 4.69) is 16.5 Å². The summed E-state index contributed by atoms with van der Waals surface area (Å²) in [6.45, 7) is 5.06. The van der Waals surface area contributed by atoms with Crippen LogP contribution in [-0.4, -0.2) is 39.0 Å². The number of hydrogen-bond donors (Lipinski definition) is 1. The number of rotatable bonds is 5. The molecule has 0 spiro atoms. The zero-order valence-corrected chi connectivity index (χ0v) is 15.5. The summed E-state index contributed by atoms with van der Waals surface area (Å²) in [7, 11) is -3.63. The highest BCUT2D eigenvalue weighted by Gasteiger charge is 2.25. The van der Waals surface area contributed by atoms with Gasteiger partial charge in [0.1, 0.15) is 4.90 Å². The van der Waals surface area contributed by atoms with Crippen molar-refractivity contribution in [3.05, 3.63) is 28.2 Å². The summed E-state index contributed by atoms with van der Waals surface area (Å²) < 4.78 is 27.6. The molecule has 4 nitrogen and oxygen atoms in total. The van der Waals surface area contributed by atoms with E-state index in [1.165, 1.54) is 12.1 Å². The van der Waals surface area contributed by atoms with Crippen LogP contribution in [0.4, 0.5) is 0 Å². The van der Waals surface area contributed by atoms with Crippen molar-refractivity contribution >= 4 is 45.6 Å². The van der Waals surface area contributed by atoms with Gasteiger partial charge in [0.25, 0.3) is 0 Å². The van der Waals surface area contributed by atoms with Crippen LogP contribution in [0.5, 0.6) is 0 Å². The number of hydrogen-bond acceptors (Lipinski definition) is 3. The van der Waals surface area contributed by atoms with Crippen LogP contribution in [0.15, 0.2) is 23.1 Å². The lowest BCUT2D eigenvalue weighted by atomic mass is 10.1. The molecule has 1 aliphatic heterocycles. The number of nitrogens with one attached hydrogen (secondary N) is 1. The molecular formula is C14H21Cl3N2O2S. The first-order chi connectivity index (χ1) is 9.92. The summed E-state index contributed by atoms with van der Waals surface area (Å²) in [5.74, 6) is 0. The molecule has 0 aliphatic carbocycles. The second kappa shape index (κ2) is 8.71. The third-order valence-electron chi connectivity index (χ3n) is 3.63. The van der Waals surface area contributed by atoms with Crippen molar-refractivity contribution in [2.75, 3.05) is 19.6 Å². The molecular weight excluding hydrogens is 367 g/mol. The third kappa shape index (κ3) is 5.25. The molecule has 1 fully saturated rings. The van der Waals surface area contributed by atoms with Crippen LogP contribution < -0.4 is 4.72 Å². The van der Waals surface area contributed by atoms with E-state index in [1.54, 1.807) is 6.07 Å². The lowest BCUT2D eigenvalue weighted by Gasteiger charge is -2.31. The summed E-state index contributed by atoms with van der Waals surface area (Å²) >= 11 is 11.8. The zero-order chi connectivity index (χ0) is 15.5. The average molecular weight is 388 g/mol. The minimum Gasteiger partial charge on any atom is -0.303 e. The Morgan fingerprint density at radius 3 is 2.50 bits per heavy atom. The van der Waals surface area contributed by atoms with Crippen molar-refractivity contribution < 1.29 is 8.42 Å². The lowest BCUT2D eigenvalue weighted by Crippen LogP contribution is -2.44.